The minimum atomic E-state index is -4.36. The van der Waals surface area contributed by atoms with Crippen molar-refractivity contribution < 1.29 is 13.2 Å². The summed E-state index contributed by atoms with van der Waals surface area (Å²) >= 11 is 0. The van der Waals surface area contributed by atoms with Crippen LogP contribution in [-0.2, 0) is 6.18 Å². The van der Waals surface area contributed by atoms with Gasteiger partial charge in [0.05, 0.1) is 11.1 Å². The van der Waals surface area contributed by atoms with E-state index in [1.54, 1.807) is 12.1 Å². The summed E-state index contributed by atoms with van der Waals surface area (Å²) < 4.78 is 38.2. The smallest absolute Gasteiger partial charge is 0.340 e. The molecule has 0 unspecified atom stereocenters. The molecule has 5 heteroatoms. The Morgan fingerprint density at radius 1 is 0.857 bits per heavy atom. The van der Waals surface area contributed by atoms with Crippen LogP contribution in [0.3, 0.4) is 0 Å². The van der Waals surface area contributed by atoms with Gasteiger partial charge in [-0.05, 0) is 36.4 Å². The maximum absolute atomic E-state index is 12.7. The quantitative estimate of drug-likeness (QED) is 0.718. The molecule has 0 bridgehead atoms. The van der Waals surface area contributed by atoms with E-state index in [0.717, 1.165) is 17.8 Å². The molecule has 0 amide bonds. The SMILES string of the molecule is FC(F)(F)c1ccc2ccc(Nc3ccccc3)nc2c1. The average molecular weight is 288 g/mol. The molecular weight excluding hydrogens is 277 g/mol. The topological polar surface area (TPSA) is 24.9 Å². The fourth-order valence-electron chi connectivity index (χ4n) is 2.03. The van der Waals surface area contributed by atoms with Gasteiger partial charge in [0.25, 0.3) is 0 Å². The molecule has 0 fully saturated rings. The second kappa shape index (κ2) is 5.09. The van der Waals surface area contributed by atoms with Crippen LogP contribution in [0.2, 0.25) is 0 Å². The number of hydrogen-bond donors (Lipinski definition) is 1. The first-order valence-electron chi connectivity index (χ1n) is 6.32. The van der Waals surface area contributed by atoms with Crippen molar-refractivity contribution in [3.8, 4) is 0 Å². The highest BCUT2D eigenvalue weighted by Gasteiger charge is 2.30. The summed E-state index contributed by atoms with van der Waals surface area (Å²) in [4.78, 5) is 4.23. The Labute approximate surface area is 119 Å². The maximum Gasteiger partial charge on any atom is 0.416 e. The van der Waals surface area contributed by atoms with Crippen molar-refractivity contribution in [2.75, 3.05) is 5.32 Å². The van der Waals surface area contributed by atoms with Crippen LogP contribution in [-0.4, -0.2) is 4.98 Å². The zero-order valence-electron chi connectivity index (χ0n) is 10.9. The molecule has 0 saturated carbocycles. The van der Waals surface area contributed by atoms with Gasteiger partial charge < -0.3 is 5.32 Å². The predicted octanol–water partition coefficient (Wildman–Crippen LogP) is 5.00. The molecule has 1 heterocycles. The number of pyridine rings is 1. The Kier molecular flexibility index (Phi) is 3.25. The van der Waals surface area contributed by atoms with Crippen molar-refractivity contribution in [3.05, 3.63) is 66.2 Å². The molecule has 3 aromatic rings. The van der Waals surface area contributed by atoms with Gasteiger partial charge in [-0.25, -0.2) is 4.98 Å². The molecule has 3 rings (SSSR count). The third-order valence-corrected chi connectivity index (χ3v) is 3.07. The number of rotatable bonds is 2. The number of benzene rings is 2. The number of fused-ring (bicyclic) bond motifs is 1. The summed E-state index contributed by atoms with van der Waals surface area (Å²) in [6.07, 6.45) is -4.36. The van der Waals surface area contributed by atoms with Gasteiger partial charge in [-0.2, -0.15) is 13.2 Å². The molecule has 0 aliphatic carbocycles. The molecule has 0 aliphatic heterocycles. The third-order valence-electron chi connectivity index (χ3n) is 3.07. The normalized spacial score (nSPS) is 11.6. The first kappa shape index (κ1) is 13.4. The molecule has 2 aromatic carbocycles. The first-order chi connectivity index (χ1) is 10.0. The van der Waals surface area contributed by atoms with E-state index in [1.807, 2.05) is 30.3 Å². The molecule has 1 aromatic heterocycles. The van der Waals surface area contributed by atoms with Gasteiger partial charge >= 0.3 is 6.18 Å². The lowest BCUT2D eigenvalue weighted by atomic mass is 10.1. The average Bonchev–Trinajstić information content (AvgIpc) is 2.46. The highest BCUT2D eigenvalue weighted by Crippen LogP contribution is 2.31. The van der Waals surface area contributed by atoms with Gasteiger partial charge in [0.2, 0.25) is 0 Å². The molecule has 1 N–H and O–H groups in total. The number of alkyl halides is 3. The second-order valence-corrected chi connectivity index (χ2v) is 4.59. The number of nitrogens with zero attached hydrogens (tertiary/aromatic N) is 1. The summed E-state index contributed by atoms with van der Waals surface area (Å²) in [5.41, 5.74) is 0.446. The third kappa shape index (κ3) is 2.97. The van der Waals surface area contributed by atoms with E-state index >= 15 is 0 Å². The zero-order valence-corrected chi connectivity index (χ0v) is 10.9. The van der Waals surface area contributed by atoms with Crippen LogP contribution in [0.25, 0.3) is 10.9 Å². The number of anilines is 2. The Balaban J connectivity index is 1.98. The Morgan fingerprint density at radius 2 is 1.57 bits per heavy atom. The van der Waals surface area contributed by atoms with E-state index < -0.39 is 11.7 Å². The monoisotopic (exact) mass is 288 g/mol. The highest BCUT2D eigenvalue weighted by molar-refractivity contribution is 5.81. The first-order valence-corrected chi connectivity index (χ1v) is 6.32. The fourth-order valence-corrected chi connectivity index (χ4v) is 2.03. The summed E-state index contributed by atoms with van der Waals surface area (Å²) in [7, 11) is 0. The summed E-state index contributed by atoms with van der Waals surface area (Å²) in [6.45, 7) is 0. The number of halogens is 3. The molecule has 0 aliphatic rings. The van der Waals surface area contributed by atoms with Crippen LogP contribution in [0.5, 0.6) is 0 Å². The zero-order chi connectivity index (χ0) is 14.9. The predicted molar refractivity (Wildman–Crippen MR) is 76.5 cm³/mol. The van der Waals surface area contributed by atoms with Crippen molar-refractivity contribution in [2.45, 2.75) is 6.18 Å². The second-order valence-electron chi connectivity index (χ2n) is 4.59. The minimum Gasteiger partial charge on any atom is -0.340 e. The van der Waals surface area contributed by atoms with E-state index in [9.17, 15) is 13.2 Å². The van der Waals surface area contributed by atoms with Gasteiger partial charge in [0.15, 0.2) is 0 Å². The number of aromatic nitrogens is 1. The lowest BCUT2D eigenvalue weighted by molar-refractivity contribution is -0.137. The van der Waals surface area contributed by atoms with Crippen LogP contribution in [0, 0.1) is 0 Å². The van der Waals surface area contributed by atoms with Gasteiger partial charge in [-0.1, -0.05) is 24.3 Å². The minimum absolute atomic E-state index is 0.311. The van der Waals surface area contributed by atoms with Crippen molar-refractivity contribution in [1.29, 1.82) is 0 Å². The Bertz CT molecular complexity index is 767. The van der Waals surface area contributed by atoms with Gasteiger partial charge in [-0.3, -0.25) is 0 Å². The Hall–Kier alpha value is -2.56. The van der Waals surface area contributed by atoms with Crippen LogP contribution < -0.4 is 5.32 Å². The van der Waals surface area contributed by atoms with Crippen molar-refractivity contribution in [2.24, 2.45) is 0 Å². The molecule has 2 nitrogen and oxygen atoms in total. The van der Waals surface area contributed by atoms with Gasteiger partial charge in [-0.15, -0.1) is 0 Å². The molecule has 0 spiro atoms. The van der Waals surface area contributed by atoms with E-state index in [2.05, 4.69) is 10.3 Å². The van der Waals surface area contributed by atoms with E-state index in [1.165, 1.54) is 6.07 Å². The number of nitrogens with one attached hydrogen (secondary N) is 1. The van der Waals surface area contributed by atoms with Crippen molar-refractivity contribution in [1.82, 2.24) is 4.98 Å². The highest BCUT2D eigenvalue weighted by atomic mass is 19.4. The van der Waals surface area contributed by atoms with E-state index in [-0.39, 0.29) is 0 Å². The van der Waals surface area contributed by atoms with Gasteiger partial charge in [0, 0.05) is 11.1 Å². The molecule has 0 saturated heterocycles. The summed E-state index contributed by atoms with van der Waals surface area (Å²) in [5.74, 6) is 0.507. The number of para-hydroxylation sites is 1. The van der Waals surface area contributed by atoms with Gasteiger partial charge in [0.1, 0.15) is 5.82 Å². The fraction of sp³-hybridized carbons (Fsp3) is 0.0625. The molecule has 106 valence electrons. The molecule has 0 radical (unpaired) electrons. The Morgan fingerprint density at radius 3 is 2.29 bits per heavy atom. The molecule has 21 heavy (non-hydrogen) atoms. The molecule has 0 atom stereocenters. The summed E-state index contributed by atoms with van der Waals surface area (Å²) in [6, 6.07) is 16.4. The standard InChI is InChI=1S/C16H11F3N2/c17-16(18,19)12-8-6-11-7-9-15(21-14(11)10-12)20-13-4-2-1-3-5-13/h1-10H,(H,20,21). The van der Waals surface area contributed by atoms with Crippen molar-refractivity contribution >= 4 is 22.4 Å². The maximum atomic E-state index is 12.7. The molecular formula is C16H11F3N2. The largest absolute Gasteiger partial charge is 0.416 e. The van der Waals surface area contributed by atoms with Crippen LogP contribution in [0.15, 0.2) is 60.7 Å². The van der Waals surface area contributed by atoms with E-state index in [0.29, 0.717) is 16.7 Å². The van der Waals surface area contributed by atoms with Crippen LogP contribution >= 0.6 is 0 Å². The lowest BCUT2D eigenvalue weighted by Gasteiger charge is -2.09. The van der Waals surface area contributed by atoms with Crippen LogP contribution in [0.1, 0.15) is 5.56 Å². The number of hydrogen-bond acceptors (Lipinski definition) is 2. The van der Waals surface area contributed by atoms with Crippen LogP contribution in [0.4, 0.5) is 24.7 Å². The summed E-state index contributed by atoms with van der Waals surface area (Å²) in [5, 5.41) is 3.73. The lowest BCUT2D eigenvalue weighted by Crippen LogP contribution is -2.04. The van der Waals surface area contributed by atoms with Crippen molar-refractivity contribution in [3.63, 3.8) is 0 Å². The van der Waals surface area contributed by atoms with E-state index in [4.69, 9.17) is 0 Å².